The average Bonchev–Trinajstić information content (AvgIpc) is 2.52. The van der Waals surface area contributed by atoms with Gasteiger partial charge in [-0.25, -0.2) is 8.42 Å². The Morgan fingerprint density at radius 3 is 2.65 bits per heavy atom. The lowest BCUT2D eigenvalue weighted by Crippen LogP contribution is -2.22. The molecule has 0 aromatic heterocycles. The highest BCUT2D eigenvalue weighted by molar-refractivity contribution is 7.89. The molecule has 1 aromatic rings. The van der Waals surface area contributed by atoms with Crippen molar-refractivity contribution in [3.05, 3.63) is 18.2 Å². The van der Waals surface area contributed by atoms with Crippen LogP contribution in [0.3, 0.4) is 0 Å². The second-order valence-electron chi connectivity index (χ2n) is 3.45. The Bertz CT molecular complexity index is 499. The van der Waals surface area contributed by atoms with Crippen molar-refractivity contribution in [2.24, 2.45) is 0 Å². The molecule has 0 bridgehead atoms. The normalized spacial score (nSPS) is 15.4. The van der Waals surface area contributed by atoms with Crippen LogP contribution in [-0.2, 0) is 14.9 Å². The fraction of sp³-hybridized carbons (Fsp3) is 0.400. The maximum Gasteiger partial charge on any atom is 0.262 e. The molecule has 1 aliphatic rings. The van der Waals surface area contributed by atoms with E-state index in [0.29, 0.717) is 24.7 Å². The Kier molecular flexibility index (Phi) is 3.51. The molecule has 2 rings (SSSR count). The van der Waals surface area contributed by atoms with E-state index in [9.17, 15) is 8.42 Å². The molecule has 6 nitrogen and oxygen atoms in total. The molecule has 1 aliphatic heterocycles. The van der Waals surface area contributed by atoms with Crippen molar-refractivity contribution in [1.29, 1.82) is 0 Å². The van der Waals surface area contributed by atoms with Gasteiger partial charge >= 0.3 is 0 Å². The largest absolute Gasteiger partial charge is 0.490 e. The molecule has 0 atom stereocenters. The van der Waals surface area contributed by atoms with Gasteiger partial charge in [0.1, 0.15) is 0 Å². The van der Waals surface area contributed by atoms with Gasteiger partial charge in [0.2, 0.25) is 0 Å². The Morgan fingerprint density at radius 1 is 1.24 bits per heavy atom. The van der Waals surface area contributed by atoms with Gasteiger partial charge in [-0.15, -0.1) is 0 Å². The van der Waals surface area contributed by atoms with Crippen LogP contribution in [0.5, 0.6) is 11.5 Å². The summed E-state index contributed by atoms with van der Waals surface area (Å²) < 4.78 is 34.2. The topological polar surface area (TPSA) is 73.9 Å². The molecule has 0 saturated carbocycles. The molecular weight excluding hydrogens is 246 g/mol. The molecule has 7 heteroatoms. The molecule has 1 heterocycles. The van der Waals surface area contributed by atoms with E-state index in [1.165, 1.54) is 19.2 Å². The number of hydrogen-bond donors (Lipinski definition) is 1. The quantitative estimate of drug-likeness (QED) is 0.808. The molecule has 0 spiro atoms. The Labute approximate surface area is 99.5 Å². The number of rotatable bonds is 3. The SMILES string of the molecule is CONS(=O)(=O)c1ccc2c(c1)OCCCO2. The van der Waals surface area contributed by atoms with Crippen LogP contribution >= 0.6 is 0 Å². The lowest BCUT2D eigenvalue weighted by Gasteiger charge is -2.09. The molecule has 0 radical (unpaired) electrons. The van der Waals surface area contributed by atoms with Gasteiger partial charge in [0.05, 0.1) is 25.2 Å². The predicted molar refractivity (Wildman–Crippen MR) is 59.4 cm³/mol. The van der Waals surface area contributed by atoms with E-state index < -0.39 is 10.0 Å². The Balaban J connectivity index is 2.36. The van der Waals surface area contributed by atoms with Crippen LogP contribution in [0, 0.1) is 0 Å². The summed E-state index contributed by atoms with van der Waals surface area (Å²) in [6.07, 6.45) is 0.771. The summed E-state index contributed by atoms with van der Waals surface area (Å²) in [7, 11) is -2.43. The molecule has 0 unspecified atom stereocenters. The lowest BCUT2D eigenvalue weighted by molar-refractivity contribution is 0.153. The van der Waals surface area contributed by atoms with Gasteiger partial charge in [0, 0.05) is 12.5 Å². The van der Waals surface area contributed by atoms with Crippen molar-refractivity contribution in [2.75, 3.05) is 20.3 Å². The number of sulfonamides is 1. The van der Waals surface area contributed by atoms with E-state index in [1.54, 1.807) is 6.07 Å². The number of nitrogens with one attached hydrogen (secondary N) is 1. The molecule has 17 heavy (non-hydrogen) atoms. The maximum absolute atomic E-state index is 11.7. The minimum absolute atomic E-state index is 0.0728. The highest BCUT2D eigenvalue weighted by atomic mass is 32.2. The molecule has 0 aliphatic carbocycles. The third-order valence-corrected chi connectivity index (χ3v) is 3.48. The minimum atomic E-state index is -3.66. The molecule has 1 N–H and O–H groups in total. The van der Waals surface area contributed by atoms with Gasteiger partial charge in [-0.1, -0.05) is 4.89 Å². The third kappa shape index (κ3) is 2.68. The number of benzene rings is 1. The van der Waals surface area contributed by atoms with E-state index in [1.807, 2.05) is 4.89 Å². The molecule has 94 valence electrons. The molecule has 0 saturated heterocycles. The minimum Gasteiger partial charge on any atom is -0.490 e. The standard InChI is InChI=1S/C10H13NO5S/c1-14-11-17(12,13)8-3-4-9-10(7-8)16-6-2-5-15-9/h3-4,7,11H,2,5-6H2,1H3. The zero-order valence-corrected chi connectivity index (χ0v) is 10.1. The average molecular weight is 259 g/mol. The van der Waals surface area contributed by atoms with E-state index in [-0.39, 0.29) is 4.90 Å². The first-order valence-electron chi connectivity index (χ1n) is 5.08. The maximum atomic E-state index is 11.7. The molecule has 0 amide bonds. The zero-order valence-electron chi connectivity index (χ0n) is 9.30. The second kappa shape index (κ2) is 4.91. The summed E-state index contributed by atoms with van der Waals surface area (Å²) >= 11 is 0. The van der Waals surface area contributed by atoms with Crippen LogP contribution < -0.4 is 14.4 Å². The number of hydrogen-bond acceptors (Lipinski definition) is 5. The van der Waals surface area contributed by atoms with Crippen molar-refractivity contribution in [3.8, 4) is 11.5 Å². The number of fused-ring (bicyclic) bond motifs is 1. The summed E-state index contributed by atoms with van der Waals surface area (Å²) in [4.78, 5) is 6.43. The van der Waals surface area contributed by atoms with E-state index in [0.717, 1.165) is 6.42 Å². The summed E-state index contributed by atoms with van der Waals surface area (Å²) in [6, 6.07) is 4.43. The van der Waals surface area contributed by atoms with Gasteiger partial charge in [-0.3, -0.25) is 4.84 Å². The molecule has 1 aromatic carbocycles. The third-order valence-electron chi connectivity index (χ3n) is 2.22. The number of ether oxygens (including phenoxy) is 2. The second-order valence-corrected chi connectivity index (χ2v) is 5.09. The summed E-state index contributed by atoms with van der Waals surface area (Å²) in [5.41, 5.74) is 0. The van der Waals surface area contributed by atoms with Crippen LogP contribution in [0.4, 0.5) is 0 Å². The van der Waals surface area contributed by atoms with Gasteiger partial charge in [0.25, 0.3) is 10.0 Å². The monoisotopic (exact) mass is 259 g/mol. The van der Waals surface area contributed by atoms with Crippen molar-refractivity contribution in [1.82, 2.24) is 4.89 Å². The van der Waals surface area contributed by atoms with Crippen molar-refractivity contribution < 1.29 is 22.7 Å². The summed E-state index contributed by atoms with van der Waals surface area (Å²) in [5.74, 6) is 0.986. The van der Waals surface area contributed by atoms with Crippen LogP contribution in [0.2, 0.25) is 0 Å². The first kappa shape index (κ1) is 12.2. The Morgan fingerprint density at radius 2 is 1.94 bits per heavy atom. The van der Waals surface area contributed by atoms with Gasteiger partial charge in [-0.2, -0.15) is 0 Å². The lowest BCUT2D eigenvalue weighted by atomic mass is 10.3. The highest BCUT2D eigenvalue weighted by Gasteiger charge is 2.18. The smallest absolute Gasteiger partial charge is 0.262 e. The molecule has 0 fully saturated rings. The van der Waals surface area contributed by atoms with Crippen molar-refractivity contribution in [3.63, 3.8) is 0 Å². The molecular formula is C10H13NO5S. The highest BCUT2D eigenvalue weighted by Crippen LogP contribution is 2.31. The predicted octanol–water partition coefficient (Wildman–Crippen LogP) is 0.688. The fourth-order valence-electron chi connectivity index (χ4n) is 1.47. The van der Waals surface area contributed by atoms with E-state index >= 15 is 0 Å². The van der Waals surface area contributed by atoms with Gasteiger partial charge in [-0.05, 0) is 12.1 Å². The van der Waals surface area contributed by atoms with Crippen LogP contribution in [0.15, 0.2) is 23.1 Å². The van der Waals surface area contributed by atoms with Crippen molar-refractivity contribution >= 4 is 10.0 Å². The van der Waals surface area contributed by atoms with Gasteiger partial charge in [0.15, 0.2) is 11.5 Å². The van der Waals surface area contributed by atoms with Crippen LogP contribution in [0.1, 0.15) is 6.42 Å². The van der Waals surface area contributed by atoms with Crippen LogP contribution in [-0.4, -0.2) is 28.7 Å². The first-order chi connectivity index (χ1) is 8.13. The Hall–Kier alpha value is -1.31. The van der Waals surface area contributed by atoms with E-state index in [2.05, 4.69) is 4.84 Å². The fourth-order valence-corrected chi connectivity index (χ4v) is 2.29. The van der Waals surface area contributed by atoms with Crippen LogP contribution in [0.25, 0.3) is 0 Å². The first-order valence-corrected chi connectivity index (χ1v) is 6.56. The van der Waals surface area contributed by atoms with Gasteiger partial charge < -0.3 is 9.47 Å². The summed E-state index contributed by atoms with van der Waals surface area (Å²) in [5, 5.41) is 0. The van der Waals surface area contributed by atoms with Crippen molar-refractivity contribution in [2.45, 2.75) is 11.3 Å². The zero-order chi connectivity index (χ0) is 12.3. The van der Waals surface area contributed by atoms with E-state index in [4.69, 9.17) is 9.47 Å². The summed E-state index contributed by atoms with van der Waals surface area (Å²) in [6.45, 7) is 1.07.